The molecule has 0 unspecified atom stereocenters. The van der Waals surface area contributed by atoms with Crippen molar-refractivity contribution in [3.8, 4) is 16.9 Å². The number of benzene rings is 4. The first-order chi connectivity index (χ1) is 16.0. The van der Waals surface area contributed by atoms with Gasteiger partial charge in [-0.15, -0.1) is 0 Å². The van der Waals surface area contributed by atoms with Crippen LogP contribution < -0.4 is 9.49 Å². The van der Waals surface area contributed by atoms with Crippen LogP contribution in [0.3, 0.4) is 0 Å². The third-order valence-electron chi connectivity index (χ3n) is 5.99. The number of alkyl halides is 3. The Morgan fingerprint density at radius 3 is 1.79 bits per heavy atom. The predicted octanol–water partition coefficient (Wildman–Crippen LogP) is 6.92. The molecule has 4 aromatic carbocycles. The molecule has 0 aliphatic carbocycles. The van der Waals surface area contributed by atoms with E-state index in [9.17, 15) is 26.2 Å². The normalized spacial score (nSPS) is 12.9. The van der Waals surface area contributed by atoms with E-state index in [1.165, 1.54) is 12.1 Å². The lowest BCUT2D eigenvalue weighted by Crippen LogP contribution is -2.28. The molecule has 0 saturated heterocycles. The maximum Gasteiger partial charge on any atom is 0.534 e. The summed E-state index contributed by atoms with van der Waals surface area (Å²) in [5, 5.41) is 3.08. The van der Waals surface area contributed by atoms with E-state index in [-0.39, 0.29) is 5.56 Å². The number of hydrogen-bond acceptors (Lipinski definition) is 4. The Morgan fingerprint density at radius 2 is 1.26 bits per heavy atom. The van der Waals surface area contributed by atoms with Crippen molar-refractivity contribution in [2.45, 2.75) is 19.4 Å². The molecule has 4 aromatic rings. The predicted molar refractivity (Wildman–Crippen MR) is 131 cm³/mol. The third kappa shape index (κ3) is 4.10. The lowest BCUT2D eigenvalue weighted by Gasteiger charge is -2.23. The molecule has 0 fully saturated rings. The van der Waals surface area contributed by atoms with E-state index < -0.39 is 28.5 Å². The maximum atomic E-state index is 13.9. The quantitative estimate of drug-likeness (QED) is 0.162. The molecule has 4 rings (SSSR count). The van der Waals surface area contributed by atoms with Crippen LogP contribution in [-0.4, -0.2) is 26.2 Å². The van der Waals surface area contributed by atoms with Crippen molar-refractivity contribution in [1.82, 2.24) is 0 Å². The number of rotatable bonds is 6. The molecule has 0 aliphatic rings. The van der Waals surface area contributed by atoms with Crippen LogP contribution in [-0.2, 0) is 14.7 Å². The van der Waals surface area contributed by atoms with Crippen molar-refractivity contribution in [1.29, 1.82) is 0 Å². The Bertz CT molecular complexity index is 1540. The van der Waals surface area contributed by atoms with Gasteiger partial charge in [0.15, 0.2) is 5.75 Å². The smallest absolute Gasteiger partial charge is 0.375 e. The van der Waals surface area contributed by atoms with Crippen LogP contribution in [0.4, 0.5) is 13.2 Å². The fourth-order valence-electron chi connectivity index (χ4n) is 4.17. The Hall–Kier alpha value is -2.83. The molecule has 0 aliphatic heterocycles. The average molecular weight is 506 g/mol. The Kier molecular flexibility index (Phi) is 6.25. The van der Waals surface area contributed by atoms with Crippen LogP contribution >= 0.6 is 7.14 Å². The van der Waals surface area contributed by atoms with E-state index in [4.69, 9.17) is 4.18 Å². The Balaban J connectivity index is 2.19. The van der Waals surface area contributed by atoms with E-state index in [2.05, 4.69) is 0 Å². The van der Waals surface area contributed by atoms with Gasteiger partial charge < -0.3 is 8.75 Å². The zero-order valence-electron chi connectivity index (χ0n) is 18.5. The topological polar surface area (TPSA) is 60.4 Å². The zero-order chi connectivity index (χ0) is 24.7. The minimum atomic E-state index is -5.93. The monoisotopic (exact) mass is 506 g/mol. The molecule has 0 atom stereocenters. The van der Waals surface area contributed by atoms with Crippen molar-refractivity contribution in [3.05, 3.63) is 72.8 Å². The summed E-state index contributed by atoms with van der Waals surface area (Å²) in [4.78, 5) is 0. The van der Waals surface area contributed by atoms with Gasteiger partial charge in [-0.25, -0.2) is 0 Å². The van der Waals surface area contributed by atoms with E-state index in [0.717, 1.165) is 5.39 Å². The number of halogens is 3. The molecule has 34 heavy (non-hydrogen) atoms. The van der Waals surface area contributed by atoms with Crippen LogP contribution in [0.2, 0.25) is 0 Å². The lowest BCUT2D eigenvalue weighted by molar-refractivity contribution is -0.0499. The van der Waals surface area contributed by atoms with Crippen molar-refractivity contribution in [2.24, 2.45) is 0 Å². The SMILES string of the molecule is CCP(=O)(CC)c1ccc2ccccc2c1-c1c(OS(=O)(=O)C(F)(F)F)ccc2ccccc12. The first-order valence-electron chi connectivity index (χ1n) is 10.7. The largest absolute Gasteiger partial charge is 0.534 e. The first kappa shape index (κ1) is 24.3. The second-order valence-electron chi connectivity index (χ2n) is 7.85. The molecular weight excluding hydrogens is 484 g/mol. The molecule has 0 amide bonds. The molecule has 0 bridgehead atoms. The summed E-state index contributed by atoms with van der Waals surface area (Å²) < 4.78 is 82.4. The molecule has 0 aromatic heterocycles. The summed E-state index contributed by atoms with van der Waals surface area (Å²) in [6.45, 7) is 3.61. The molecule has 0 N–H and O–H groups in total. The Labute approximate surface area is 195 Å². The second kappa shape index (κ2) is 8.75. The van der Waals surface area contributed by atoms with Gasteiger partial charge >= 0.3 is 15.6 Å². The zero-order valence-corrected chi connectivity index (χ0v) is 20.2. The highest BCUT2D eigenvalue weighted by atomic mass is 32.2. The summed E-state index contributed by atoms with van der Waals surface area (Å²) in [6.07, 6.45) is 0.688. The molecule has 4 nitrogen and oxygen atoms in total. The van der Waals surface area contributed by atoms with Gasteiger partial charge in [0.25, 0.3) is 0 Å². The maximum absolute atomic E-state index is 13.9. The Morgan fingerprint density at radius 1 is 0.765 bits per heavy atom. The molecule has 0 radical (unpaired) electrons. The minimum Gasteiger partial charge on any atom is -0.375 e. The van der Waals surface area contributed by atoms with Gasteiger partial charge in [-0.2, -0.15) is 21.6 Å². The molecule has 0 saturated carbocycles. The molecule has 0 heterocycles. The number of hydrogen-bond donors (Lipinski definition) is 0. The van der Waals surface area contributed by atoms with Crippen molar-refractivity contribution in [2.75, 3.05) is 12.3 Å². The molecule has 0 spiro atoms. The summed E-state index contributed by atoms with van der Waals surface area (Å²) in [5.74, 6) is -0.465. The van der Waals surface area contributed by atoms with Crippen molar-refractivity contribution < 1.29 is 30.3 Å². The van der Waals surface area contributed by atoms with Gasteiger partial charge in [-0.1, -0.05) is 80.6 Å². The highest BCUT2D eigenvalue weighted by Crippen LogP contribution is 2.50. The van der Waals surface area contributed by atoms with Crippen LogP contribution in [0.15, 0.2) is 72.8 Å². The molecule has 9 heteroatoms. The van der Waals surface area contributed by atoms with Crippen LogP contribution in [0.5, 0.6) is 5.75 Å². The van der Waals surface area contributed by atoms with Gasteiger partial charge in [0.05, 0.1) is 0 Å². The van der Waals surface area contributed by atoms with E-state index in [0.29, 0.717) is 39.4 Å². The highest BCUT2D eigenvalue weighted by molar-refractivity contribution is 7.88. The van der Waals surface area contributed by atoms with Crippen molar-refractivity contribution >= 4 is 44.1 Å². The number of fused-ring (bicyclic) bond motifs is 2. The van der Waals surface area contributed by atoms with Gasteiger partial charge in [-0.05, 0) is 27.6 Å². The lowest BCUT2D eigenvalue weighted by atomic mass is 9.93. The summed E-state index contributed by atoms with van der Waals surface area (Å²) in [6, 6.07) is 20.4. The third-order valence-corrected chi connectivity index (χ3v) is 10.3. The average Bonchev–Trinajstić information content (AvgIpc) is 2.82. The second-order valence-corrected chi connectivity index (χ2v) is 12.9. The fourth-order valence-corrected chi connectivity index (χ4v) is 6.76. The van der Waals surface area contributed by atoms with E-state index in [1.807, 2.05) is 18.2 Å². The first-order valence-corrected chi connectivity index (χ1v) is 14.1. The minimum absolute atomic E-state index is 0.167. The van der Waals surface area contributed by atoms with Crippen molar-refractivity contribution in [3.63, 3.8) is 0 Å². The standard InChI is InChI=1S/C25H22F3O4PS/c1-3-33(29,4-2)22-16-14-18-10-6-8-12-20(18)24(22)23-19-11-7-5-9-17(19)13-15-21(23)32-34(30,31)25(26,27)28/h5-16H,3-4H2,1-2H3. The van der Waals surface area contributed by atoms with Gasteiger partial charge in [0.1, 0.15) is 7.14 Å². The van der Waals surface area contributed by atoms with E-state index in [1.54, 1.807) is 56.3 Å². The molecular formula is C25H22F3O4PS. The van der Waals surface area contributed by atoms with Crippen LogP contribution in [0, 0.1) is 0 Å². The van der Waals surface area contributed by atoms with E-state index >= 15 is 0 Å². The molecule has 178 valence electrons. The van der Waals surface area contributed by atoms with Crippen LogP contribution in [0.25, 0.3) is 32.7 Å². The summed E-state index contributed by atoms with van der Waals surface area (Å²) >= 11 is 0. The highest BCUT2D eigenvalue weighted by Gasteiger charge is 2.49. The fraction of sp³-hybridized carbons (Fsp3) is 0.200. The van der Waals surface area contributed by atoms with Crippen LogP contribution in [0.1, 0.15) is 13.8 Å². The summed E-state index contributed by atoms with van der Waals surface area (Å²) in [5.41, 5.74) is -5.01. The van der Waals surface area contributed by atoms with Gasteiger partial charge in [0.2, 0.25) is 0 Å². The summed E-state index contributed by atoms with van der Waals surface area (Å²) in [7, 11) is -8.88. The van der Waals surface area contributed by atoms with Gasteiger partial charge in [0, 0.05) is 28.8 Å². The van der Waals surface area contributed by atoms with Gasteiger partial charge in [-0.3, -0.25) is 0 Å².